The fourth-order valence-electron chi connectivity index (χ4n) is 3.34. The molecule has 1 aromatic heterocycles. The molecule has 3 aromatic rings. The molecule has 1 atom stereocenters. The van der Waals surface area contributed by atoms with Crippen LogP contribution in [0.3, 0.4) is 0 Å². The van der Waals surface area contributed by atoms with Gasteiger partial charge in [0, 0.05) is 24.1 Å². The maximum Gasteiger partial charge on any atom is 0.271 e. The zero-order chi connectivity index (χ0) is 19.6. The van der Waals surface area contributed by atoms with E-state index in [1.54, 1.807) is 35.5 Å². The van der Waals surface area contributed by atoms with Crippen LogP contribution in [0.15, 0.2) is 67.0 Å². The summed E-state index contributed by atoms with van der Waals surface area (Å²) in [5.41, 5.74) is 1.58. The first-order chi connectivity index (χ1) is 14.3. The lowest BCUT2D eigenvalue weighted by atomic mass is 10.1. The van der Waals surface area contributed by atoms with Crippen LogP contribution in [0.2, 0.25) is 0 Å². The summed E-state index contributed by atoms with van der Waals surface area (Å²) < 4.78 is 22.5. The minimum Gasteiger partial charge on any atom is -0.485 e. The number of fused-ring (bicyclic) bond motifs is 2. The van der Waals surface area contributed by atoms with E-state index in [-0.39, 0.29) is 19.3 Å². The van der Waals surface area contributed by atoms with Crippen LogP contribution >= 0.6 is 0 Å². The lowest BCUT2D eigenvalue weighted by Crippen LogP contribution is -2.46. The molecule has 0 spiro atoms. The quantitative estimate of drug-likeness (QED) is 0.682. The van der Waals surface area contributed by atoms with Gasteiger partial charge in [-0.15, -0.1) is 0 Å². The van der Waals surface area contributed by atoms with E-state index in [9.17, 15) is 4.79 Å². The van der Waals surface area contributed by atoms with E-state index in [0.29, 0.717) is 35.2 Å². The first-order valence-corrected chi connectivity index (χ1v) is 9.26. The fourth-order valence-corrected chi connectivity index (χ4v) is 3.34. The highest BCUT2D eigenvalue weighted by Gasteiger charge is 2.32. The zero-order valence-electron chi connectivity index (χ0n) is 15.5. The number of carbonyl (C=O) groups excluding carboxylic acids is 1. The number of hydrogen-bond donors (Lipinski definition) is 0. The molecule has 0 N–H and O–H groups in total. The van der Waals surface area contributed by atoms with Crippen molar-refractivity contribution in [3.63, 3.8) is 0 Å². The SMILES string of the molecule is O=C([C@@H]1COc2ccccc2O1)N(Cc1cccnc1)c1ccc2c(c1)OCO2. The largest absolute Gasteiger partial charge is 0.485 e. The third-order valence-corrected chi connectivity index (χ3v) is 4.78. The molecule has 1 amide bonds. The predicted molar refractivity (Wildman–Crippen MR) is 104 cm³/mol. The average Bonchev–Trinajstić information content (AvgIpc) is 3.25. The van der Waals surface area contributed by atoms with Gasteiger partial charge in [0.05, 0.1) is 6.54 Å². The first kappa shape index (κ1) is 17.4. The van der Waals surface area contributed by atoms with E-state index in [2.05, 4.69) is 4.98 Å². The highest BCUT2D eigenvalue weighted by molar-refractivity contribution is 5.97. The molecule has 7 nitrogen and oxygen atoms in total. The highest BCUT2D eigenvalue weighted by Crippen LogP contribution is 2.37. The van der Waals surface area contributed by atoms with Crippen molar-refractivity contribution in [1.82, 2.24) is 4.98 Å². The Morgan fingerprint density at radius 1 is 0.966 bits per heavy atom. The number of anilines is 1. The monoisotopic (exact) mass is 390 g/mol. The third kappa shape index (κ3) is 3.42. The van der Waals surface area contributed by atoms with Crippen LogP contribution in [0.1, 0.15) is 5.56 Å². The molecule has 5 rings (SSSR count). The maximum absolute atomic E-state index is 13.4. The van der Waals surface area contributed by atoms with E-state index in [4.69, 9.17) is 18.9 Å². The number of amides is 1. The summed E-state index contributed by atoms with van der Waals surface area (Å²) in [5, 5.41) is 0. The first-order valence-electron chi connectivity index (χ1n) is 9.26. The number of aromatic nitrogens is 1. The average molecular weight is 390 g/mol. The molecular formula is C22H18N2O5. The highest BCUT2D eigenvalue weighted by atomic mass is 16.7. The smallest absolute Gasteiger partial charge is 0.271 e. The Balaban J connectivity index is 1.46. The van der Waals surface area contributed by atoms with Crippen molar-refractivity contribution in [1.29, 1.82) is 0 Å². The number of rotatable bonds is 4. The Morgan fingerprint density at radius 3 is 2.66 bits per heavy atom. The second-order valence-electron chi connectivity index (χ2n) is 6.69. The van der Waals surface area contributed by atoms with E-state index in [0.717, 1.165) is 5.56 Å². The molecule has 29 heavy (non-hydrogen) atoms. The van der Waals surface area contributed by atoms with Crippen molar-refractivity contribution in [2.24, 2.45) is 0 Å². The summed E-state index contributed by atoms with van der Waals surface area (Å²) in [4.78, 5) is 19.2. The summed E-state index contributed by atoms with van der Waals surface area (Å²) >= 11 is 0. The topological polar surface area (TPSA) is 70.1 Å². The Kier molecular flexibility index (Phi) is 4.40. The third-order valence-electron chi connectivity index (χ3n) is 4.78. The normalized spacial score (nSPS) is 16.3. The van der Waals surface area contributed by atoms with Crippen molar-refractivity contribution in [3.05, 3.63) is 72.6 Å². The number of benzene rings is 2. The molecule has 2 aliphatic rings. The molecule has 2 aromatic carbocycles. The molecule has 0 bridgehead atoms. The Labute approximate surface area is 167 Å². The van der Waals surface area contributed by atoms with Gasteiger partial charge in [0.25, 0.3) is 5.91 Å². The van der Waals surface area contributed by atoms with Gasteiger partial charge in [0.2, 0.25) is 12.9 Å². The van der Waals surface area contributed by atoms with Crippen LogP contribution in [0.5, 0.6) is 23.0 Å². The minimum atomic E-state index is -0.757. The lowest BCUT2D eigenvalue weighted by Gasteiger charge is -2.31. The van der Waals surface area contributed by atoms with Gasteiger partial charge in [-0.25, -0.2) is 0 Å². The molecule has 0 saturated carbocycles. The second kappa shape index (κ2) is 7.35. The van der Waals surface area contributed by atoms with Crippen molar-refractivity contribution in [3.8, 4) is 23.0 Å². The molecule has 2 aliphatic heterocycles. The molecule has 0 radical (unpaired) electrons. The van der Waals surface area contributed by atoms with Gasteiger partial charge in [-0.2, -0.15) is 0 Å². The number of hydrogen-bond acceptors (Lipinski definition) is 6. The van der Waals surface area contributed by atoms with Gasteiger partial charge in [-0.1, -0.05) is 18.2 Å². The zero-order valence-corrected chi connectivity index (χ0v) is 15.5. The van der Waals surface area contributed by atoms with Gasteiger partial charge in [0.1, 0.15) is 6.61 Å². The molecular weight excluding hydrogens is 372 g/mol. The van der Waals surface area contributed by atoms with Crippen molar-refractivity contribution in [2.45, 2.75) is 12.6 Å². The number of ether oxygens (including phenoxy) is 4. The van der Waals surface area contributed by atoms with Crippen LogP contribution in [-0.4, -0.2) is 30.4 Å². The van der Waals surface area contributed by atoms with Crippen LogP contribution < -0.4 is 23.8 Å². The van der Waals surface area contributed by atoms with E-state index in [1.807, 2.05) is 36.4 Å². The summed E-state index contributed by atoms with van der Waals surface area (Å²) in [7, 11) is 0. The van der Waals surface area contributed by atoms with Gasteiger partial charge in [-0.05, 0) is 35.9 Å². The van der Waals surface area contributed by atoms with Crippen LogP contribution in [0, 0.1) is 0 Å². The van der Waals surface area contributed by atoms with Crippen molar-refractivity contribution < 1.29 is 23.7 Å². The standard InChI is InChI=1S/C22H18N2O5/c25-22(21-13-26-17-5-1-2-6-19(17)29-21)24(12-15-4-3-9-23-11-15)16-7-8-18-20(10-16)28-14-27-18/h1-11,21H,12-14H2/t21-/m0/s1. The molecule has 0 fully saturated rings. The summed E-state index contributed by atoms with van der Waals surface area (Å²) in [6.45, 7) is 0.656. The lowest BCUT2D eigenvalue weighted by molar-refractivity contribution is -0.127. The number of para-hydroxylation sites is 2. The van der Waals surface area contributed by atoms with Gasteiger partial charge in [0.15, 0.2) is 23.0 Å². The molecule has 3 heterocycles. The maximum atomic E-state index is 13.4. The fraction of sp³-hybridized carbons (Fsp3) is 0.182. The molecule has 0 aliphatic carbocycles. The van der Waals surface area contributed by atoms with Crippen LogP contribution in [-0.2, 0) is 11.3 Å². The van der Waals surface area contributed by atoms with Gasteiger partial charge < -0.3 is 23.8 Å². The summed E-state index contributed by atoms with van der Waals surface area (Å²) in [6.07, 6.45) is 2.68. The van der Waals surface area contributed by atoms with Crippen LogP contribution in [0.4, 0.5) is 5.69 Å². The van der Waals surface area contributed by atoms with E-state index >= 15 is 0 Å². The van der Waals surface area contributed by atoms with Crippen molar-refractivity contribution in [2.75, 3.05) is 18.3 Å². The molecule has 7 heteroatoms. The molecule has 146 valence electrons. The molecule has 0 saturated heterocycles. The van der Waals surface area contributed by atoms with Crippen LogP contribution in [0.25, 0.3) is 0 Å². The Hall–Kier alpha value is -3.74. The summed E-state index contributed by atoms with van der Waals surface area (Å²) in [5.74, 6) is 2.26. The number of pyridine rings is 1. The predicted octanol–water partition coefficient (Wildman–Crippen LogP) is 3.18. The van der Waals surface area contributed by atoms with Gasteiger partial charge >= 0.3 is 0 Å². The molecule has 0 unspecified atom stereocenters. The second-order valence-corrected chi connectivity index (χ2v) is 6.69. The van der Waals surface area contributed by atoms with E-state index < -0.39 is 6.10 Å². The summed E-state index contributed by atoms with van der Waals surface area (Å²) in [6, 6.07) is 16.5. The van der Waals surface area contributed by atoms with Gasteiger partial charge in [-0.3, -0.25) is 9.78 Å². The number of carbonyl (C=O) groups is 1. The Morgan fingerprint density at radius 2 is 1.79 bits per heavy atom. The Bertz CT molecular complexity index is 1040. The van der Waals surface area contributed by atoms with E-state index in [1.165, 1.54) is 0 Å². The number of nitrogens with zero attached hydrogens (tertiary/aromatic N) is 2. The van der Waals surface area contributed by atoms with Crippen molar-refractivity contribution >= 4 is 11.6 Å². The minimum absolute atomic E-state index is 0.143.